The van der Waals surface area contributed by atoms with Crippen LogP contribution in [0.15, 0.2) is 36.7 Å². The summed E-state index contributed by atoms with van der Waals surface area (Å²) in [6.45, 7) is 6.68. The van der Waals surface area contributed by atoms with Gasteiger partial charge in [0.15, 0.2) is 5.82 Å². The molecule has 0 unspecified atom stereocenters. The largest absolute Gasteiger partial charge is 0.367 e. The van der Waals surface area contributed by atoms with Crippen LogP contribution in [0.1, 0.15) is 17.0 Å². The van der Waals surface area contributed by atoms with Crippen molar-refractivity contribution in [2.75, 3.05) is 36.0 Å². The second-order valence-electron chi connectivity index (χ2n) is 6.79. The number of hydrogen-bond donors (Lipinski definition) is 0. The van der Waals surface area contributed by atoms with Crippen LogP contribution in [0.5, 0.6) is 0 Å². The van der Waals surface area contributed by atoms with Crippen molar-refractivity contribution in [2.45, 2.75) is 13.8 Å². The zero-order chi connectivity index (χ0) is 19.7. The number of aryl methyl sites for hydroxylation is 2. The van der Waals surface area contributed by atoms with Gasteiger partial charge in [0.25, 0.3) is 0 Å². The highest BCUT2D eigenvalue weighted by Gasteiger charge is 2.22. The van der Waals surface area contributed by atoms with Crippen LogP contribution in [-0.4, -0.2) is 45.9 Å². The summed E-state index contributed by atoms with van der Waals surface area (Å²) in [6.07, 6.45) is 3.44. The highest BCUT2D eigenvalue weighted by molar-refractivity contribution is 5.60. The zero-order valence-corrected chi connectivity index (χ0v) is 15.8. The highest BCUT2D eigenvalue weighted by atomic mass is 19.1. The molecule has 4 rings (SSSR count). The van der Waals surface area contributed by atoms with E-state index >= 15 is 0 Å². The Morgan fingerprint density at radius 2 is 1.75 bits per heavy atom. The van der Waals surface area contributed by atoms with Gasteiger partial charge in [-0.05, 0) is 32.0 Å². The number of nitriles is 1. The van der Waals surface area contributed by atoms with Gasteiger partial charge < -0.3 is 9.80 Å². The molecular weight excluding hydrogens is 357 g/mol. The van der Waals surface area contributed by atoms with E-state index in [0.717, 1.165) is 17.2 Å². The Kier molecular flexibility index (Phi) is 4.65. The Morgan fingerprint density at radius 3 is 2.43 bits per heavy atom. The lowest BCUT2D eigenvalue weighted by Gasteiger charge is -2.37. The third kappa shape index (κ3) is 3.27. The number of benzene rings is 1. The summed E-state index contributed by atoms with van der Waals surface area (Å²) in [7, 11) is 0. The average Bonchev–Trinajstić information content (AvgIpc) is 3.06. The molecule has 2 aromatic heterocycles. The monoisotopic (exact) mass is 377 g/mol. The average molecular weight is 377 g/mol. The number of rotatable bonds is 3. The summed E-state index contributed by atoms with van der Waals surface area (Å²) < 4.78 is 15.7. The Bertz CT molecular complexity index is 1040. The van der Waals surface area contributed by atoms with Crippen molar-refractivity contribution in [1.82, 2.24) is 19.7 Å². The normalized spacial score (nSPS) is 14.2. The molecule has 1 fully saturated rings. The Hall–Kier alpha value is -3.47. The van der Waals surface area contributed by atoms with Gasteiger partial charge in [-0.1, -0.05) is 6.07 Å². The summed E-state index contributed by atoms with van der Waals surface area (Å²) in [5.74, 6) is 0.984. The molecule has 0 bridgehead atoms. The molecule has 28 heavy (non-hydrogen) atoms. The molecule has 142 valence electrons. The van der Waals surface area contributed by atoms with Gasteiger partial charge in [-0.3, -0.25) is 4.98 Å². The van der Waals surface area contributed by atoms with Gasteiger partial charge >= 0.3 is 0 Å². The van der Waals surface area contributed by atoms with Crippen LogP contribution in [0.2, 0.25) is 0 Å². The minimum atomic E-state index is -0.481. The Balaban J connectivity index is 1.52. The first-order chi connectivity index (χ1) is 13.6. The molecule has 0 aliphatic carbocycles. The van der Waals surface area contributed by atoms with E-state index in [4.69, 9.17) is 4.98 Å². The van der Waals surface area contributed by atoms with Gasteiger partial charge in [0.05, 0.1) is 23.8 Å². The molecule has 3 heterocycles. The lowest BCUT2D eigenvalue weighted by Crippen LogP contribution is -2.47. The molecule has 0 radical (unpaired) electrons. The van der Waals surface area contributed by atoms with Crippen molar-refractivity contribution < 1.29 is 4.39 Å². The minimum absolute atomic E-state index is 0.0993. The van der Waals surface area contributed by atoms with E-state index in [1.807, 2.05) is 30.9 Å². The van der Waals surface area contributed by atoms with Crippen LogP contribution >= 0.6 is 0 Å². The fourth-order valence-electron chi connectivity index (χ4n) is 3.52. The molecule has 0 saturated carbocycles. The second-order valence-corrected chi connectivity index (χ2v) is 6.79. The van der Waals surface area contributed by atoms with E-state index in [-0.39, 0.29) is 5.56 Å². The zero-order valence-electron chi connectivity index (χ0n) is 15.8. The summed E-state index contributed by atoms with van der Waals surface area (Å²) >= 11 is 0. The van der Waals surface area contributed by atoms with Crippen molar-refractivity contribution in [3.63, 3.8) is 0 Å². The summed E-state index contributed by atoms with van der Waals surface area (Å²) in [6, 6.07) is 8.72. The first kappa shape index (κ1) is 17.9. The van der Waals surface area contributed by atoms with Gasteiger partial charge in [-0.15, -0.1) is 0 Å². The molecule has 1 aliphatic rings. The number of anilines is 2. The molecule has 7 nitrogen and oxygen atoms in total. The van der Waals surface area contributed by atoms with Crippen molar-refractivity contribution >= 4 is 11.5 Å². The maximum atomic E-state index is 13.9. The van der Waals surface area contributed by atoms with Gasteiger partial charge in [-0.25, -0.2) is 14.1 Å². The van der Waals surface area contributed by atoms with Crippen LogP contribution in [0, 0.1) is 31.0 Å². The third-order valence-electron chi connectivity index (χ3n) is 4.88. The van der Waals surface area contributed by atoms with E-state index in [9.17, 15) is 9.65 Å². The van der Waals surface area contributed by atoms with Crippen LogP contribution in [0.25, 0.3) is 5.82 Å². The molecule has 1 aliphatic heterocycles. The lowest BCUT2D eigenvalue weighted by atomic mass is 10.1. The first-order valence-electron chi connectivity index (χ1n) is 9.11. The fraction of sp³-hybridized carbons (Fsp3) is 0.300. The molecule has 1 aromatic carbocycles. The maximum absolute atomic E-state index is 13.9. The van der Waals surface area contributed by atoms with Gasteiger partial charge in [0.2, 0.25) is 0 Å². The lowest BCUT2D eigenvalue weighted by molar-refractivity contribution is 0.615. The van der Waals surface area contributed by atoms with Crippen molar-refractivity contribution in [3.8, 4) is 11.9 Å². The molecule has 0 atom stereocenters. The Morgan fingerprint density at radius 1 is 1.04 bits per heavy atom. The molecule has 0 N–H and O–H groups in total. The second kappa shape index (κ2) is 7.27. The fourth-order valence-corrected chi connectivity index (χ4v) is 3.52. The summed E-state index contributed by atoms with van der Waals surface area (Å²) in [5, 5.41) is 13.7. The molecule has 0 spiro atoms. The first-order valence-corrected chi connectivity index (χ1v) is 9.11. The number of nitrogens with zero attached hydrogens (tertiary/aromatic N) is 7. The topological polar surface area (TPSA) is 73.9 Å². The number of aromatic nitrogens is 4. The van der Waals surface area contributed by atoms with Crippen molar-refractivity contribution in [3.05, 3.63) is 59.4 Å². The van der Waals surface area contributed by atoms with Gasteiger partial charge in [-0.2, -0.15) is 10.4 Å². The quantitative estimate of drug-likeness (QED) is 0.699. The molecule has 8 heteroatoms. The standard InChI is InChI=1S/C20H20FN7/c1-14-10-15(2)28(25-14)20-13-23-12-19(24-20)27-8-6-26(7-9-27)18-5-3-4-17(21)16(18)11-22/h3-5,10,12-13H,6-9H2,1-2H3. The van der Waals surface area contributed by atoms with Crippen molar-refractivity contribution in [1.29, 1.82) is 5.26 Å². The van der Waals surface area contributed by atoms with Gasteiger partial charge in [0.1, 0.15) is 23.3 Å². The van der Waals surface area contributed by atoms with E-state index in [1.165, 1.54) is 6.07 Å². The summed E-state index contributed by atoms with van der Waals surface area (Å²) in [5.41, 5.74) is 2.68. The predicted molar refractivity (Wildman–Crippen MR) is 104 cm³/mol. The van der Waals surface area contributed by atoms with E-state index < -0.39 is 5.82 Å². The molecular formula is C20H20FN7. The minimum Gasteiger partial charge on any atom is -0.367 e. The number of piperazine rings is 1. The smallest absolute Gasteiger partial charge is 0.174 e. The van der Waals surface area contributed by atoms with Crippen LogP contribution in [0.3, 0.4) is 0 Å². The number of halogens is 1. The van der Waals surface area contributed by atoms with Gasteiger partial charge in [0, 0.05) is 31.9 Å². The SMILES string of the molecule is Cc1cc(C)n(-c2cncc(N3CCN(c4cccc(F)c4C#N)CC3)n2)n1. The third-order valence-corrected chi connectivity index (χ3v) is 4.88. The van der Waals surface area contributed by atoms with Crippen molar-refractivity contribution in [2.24, 2.45) is 0 Å². The number of hydrogen-bond acceptors (Lipinski definition) is 6. The molecule has 0 amide bonds. The van der Waals surface area contributed by atoms with E-state index in [0.29, 0.717) is 37.7 Å². The molecule has 3 aromatic rings. The van der Waals surface area contributed by atoms with Crippen LogP contribution in [0.4, 0.5) is 15.9 Å². The summed E-state index contributed by atoms with van der Waals surface area (Å²) in [4.78, 5) is 13.2. The molecule has 1 saturated heterocycles. The van der Waals surface area contributed by atoms with Crippen LogP contribution < -0.4 is 9.80 Å². The van der Waals surface area contributed by atoms with E-state index in [1.54, 1.807) is 29.2 Å². The predicted octanol–water partition coefficient (Wildman–Crippen LogP) is 2.62. The maximum Gasteiger partial charge on any atom is 0.174 e. The Labute approximate surface area is 162 Å². The van der Waals surface area contributed by atoms with Crippen LogP contribution in [-0.2, 0) is 0 Å². The van der Waals surface area contributed by atoms with E-state index in [2.05, 4.69) is 15.0 Å². The highest BCUT2D eigenvalue weighted by Crippen LogP contribution is 2.25.